The highest BCUT2D eigenvalue weighted by Crippen LogP contribution is 2.38. The van der Waals surface area contributed by atoms with Crippen LogP contribution in [-0.2, 0) is 16.0 Å². The summed E-state index contributed by atoms with van der Waals surface area (Å²) in [6, 6.07) is 12.8. The molecular weight excluding hydrogens is 396 g/mol. The molecule has 3 aliphatic heterocycles. The van der Waals surface area contributed by atoms with Crippen molar-refractivity contribution in [2.24, 2.45) is 0 Å². The fraction of sp³-hybridized carbons (Fsp3) is 0.375. The number of benzene rings is 2. The summed E-state index contributed by atoms with van der Waals surface area (Å²) in [5.41, 5.74) is 2.19. The summed E-state index contributed by atoms with van der Waals surface area (Å²) in [7, 11) is 0. The number of hydrogen-bond acceptors (Lipinski definition) is 5. The third kappa shape index (κ3) is 3.65. The lowest BCUT2D eigenvalue weighted by Gasteiger charge is -2.30. The van der Waals surface area contributed by atoms with Gasteiger partial charge in [-0.1, -0.05) is 24.3 Å². The standard InChI is InChI=1S/C24H24N2O5/c27-22-14-16-5-1-2-6-18(16)24(29)26(22)15-23(28)25-10-3-7-19(25)17-8-9-20-21(13-17)31-12-4-11-30-20/h1-2,5-6,8-9,13,19H,3-4,7,10-12,14-15H2. The molecule has 1 fully saturated rings. The van der Waals surface area contributed by atoms with Crippen molar-refractivity contribution in [1.82, 2.24) is 9.80 Å². The summed E-state index contributed by atoms with van der Waals surface area (Å²) in [5, 5.41) is 0. The summed E-state index contributed by atoms with van der Waals surface area (Å²) in [6.07, 6.45) is 2.67. The molecule has 7 nitrogen and oxygen atoms in total. The monoisotopic (exact) mass is 420 g/mol. The van der Waals surface area contributed by atoms with E-state index in [-0.39, 0.29) is 30.8 Å². The van der Waals surface area contributed by atoms with Crippen LogP contribution in [0.5, 0.6) is 11.5 Å². The molecule has 0 radical (unpaired) electrons. The summed E-state index contributed by atoms with van der Waals surface area (Å²) in [5.74, 6) is 0.484. The number of likely N-dealkylation sites (tertiary alicyclic amines) is 1. The zero-order valence-corrected chi connectivity index (χ0v) is 17.2. The molecule has 7 heteroatoms. The Hall–Kier alpha value is -3.35. The van der Waals surface area contributed by atoms with E-state index >= 15 is 0 Å². The fourth-order valence-corrected chi connectivity index (χ4v) is 4.59. The number of nitrogens with zero attached hydrogens (tertiary/aromatic N) is 2. The number of imide groups is 1. The van der Waals surface area contributed by atoms with Gasteiger partial charge in [0.1, 0.15) is 6.54 Å². The van der Waals surface area contributed by atoms with Gasteiger partial charge in [0.05, 0.1) is 25.7 Å². The maximum absolute atomic E-state index is 13.2. The molecule has 0 aromatic heterocycles. The lowest BCUT2D eigenvalue weighted by Crippen LogP contribution is -2.48. The molecule has 0 saturated carbocycles. The van der Waals surface area contributed by atoms with Crippen molar-refractivity contribution >= 4 is 17.7 Å². The van der Waals surface area contributed by atoms with Gasteiger partial charge in [-0.25, -0.2) is 0 Å². The number of carbonyl (C=O) groups excluding carboxylic acids is 3. The van der Waals surface area contributed by atoms with Gasteiger partial charge in [-0.05, 0) is 42.2 Å². The zero-order chi connectivity index (χ0) is 21.4. The smallest absolute Gasteiger partial charge is 0.261 e. The van der Waals surface area contributed by atoms with E-state index in [1.807, 2.05) is 24.3 Å². The van der Waals surface area contributed by atoms with Gasteiger partial charge >= 0.3 is 0 Å². The van der Waals surface area contributed by atoms with Gasteiger partial charge < -0.3 is 14.4 Å². The second-order valence-electron chi connectivity index (χ2n) is 8.12. The normalized spacial score (nSPS) is 20.5. The quantitative estimate of drug-likeness (QED) is 0.714. The van der Waals surface area contributed by atoms with Gasteiger partial charge in [-0.15, -0.1) is 0 Å². The Balaban J connectivity index is 1.34. The van der Waals surface area contributed by atoms with E-state index in [0.29, 0.717) is 36.6 Å². The van der Waals surface area contributed by atoms with Crippen LogP contribution in [-0.4, -0.2) is 53.8 Å². The number of amides is 3. The molecule has 0 aliphatic carbocycles. The molecule has 1 atom stereocenters. The molecule has 0 bridgehead atoms. The fourth-order valence-electron chi connectivity index (χ4n) is 4.59. The highest BCUT2D eigenvalue weighted by Gasteiger charge is 2.36. The summed E-state index contributed by atoms with van der Waals surface area (Å²) in [6.45, 7) is 1.60. The predicted octanol–water partition coefficient (Wildman–Crippen LogP) is 2.74. The first-order valence-corrected chi connectivity index (χ1v) is 10.7. The van der Waals surface area contributed by atoms with E-state index < -0.39 is 5.91 Å². The average Bonchev–Trinajstić information content (AvgIpc) is 3.15. The molecule has 3 amide bonds. The minimum absolute atomic E-state index is 0.105. The Morgan fingerprint density at radius 1 is 1.00 bits per heavy atom. The predicted molar refractivity (Wildman–Crippen MR) is 112 cm³/mol. The maximum Gasteiger partial charge on any atom is 0.261 e. The van der Waals surface area contributed by atoms with Crippen molar-refractivity contribution in [2.75, 3.05) is 26.3 Å². The van der Waals surface area contributed by atoms with Crippen molar-refractivity contribution in [3.05, 3.63) is 59.2 Å². The maximum atomic E-state index is 13.2. The minimum atomic E-state index is -0.397. The second-order valence-corrected chi connectivity index (χ2v) is 8.12. The molecule has 0 N–H and O–H groups in total. The molecular formula is C24H24N2O5. The largest absolute Gasteiger partial charge is 0.490 e. The van der Waals surface area contributed by atoms with E-state index in [2.05, 4.69) is 0 Å². The zero-order valence-electron chi connectivity index (χ0n) is 17.2. The van der Waals surface area contributed by atoms with E-state index in [1.165, 1.54) is 0 Å². The molecule has 2 aromatic rings. The lowest BCUT2D eigenvalue weighted by molar-refractivity contribution is -0.139. The Bertz CT molecular complexity index is 1050. The van der Waals surface area contributed by atoms with E-state index in [0.717, 1.165) is 35.5 Å². The Morgan fingerprint density at radius 3 is 2.68 bits per heavy atom. The molecule has 1 unspecified atom stereocenters. The van der Waals surface area contributed by atoms with E-state index in [4.69, 9.17) is 9.47 Å². The first-order valence-electron chi connectivity index (χ1n) is 10.7. The molecule has 3 heterocycles. The third-order valence-corrected chi connectivity index (χ3v) is 6.16. The van der Waals surface area contributed by atoms with E-state index in [9.17, 15) is 14.4 Å². The number of fused-ring (bicyclic) bond motifs is 2. The number of rotatable bonds is 3. The topological polar surface area (TPSA) is 76.2 Å². The minimum Gasteiger partial charge on any atom is -0.490 e. The summed E-state index contributed by atoms with van der Waals surface area (Å²) >= 11 is 0. The number of ether oxygens (including phenoxy) is 2. The van der Waals surface area contributed by atoms with Crippen LogP contribution >= 0.6 is 0 Å². The van der Waals surface area contributed by atoms with Crippen molar-refractivity contribution in [3.8, 4) is 11.5 Å². The van der Waals surface area contributed by atoms with Gasteiger partial charge in [0.2, 0.25) is 11.8 Å². The summed E-state index contributed by atoms with van der Waals surface area (Å²) in [4.78, 5) is 41.4. The van der Waals surface area contributed by atoms with Crippen LogP contribution < -0.4 is 9.47 Å². The molecule has 3 aliphatic rings. The molecule has 160 valence electrons. The molecule has 0 spiro atoms. The van der Waals surface area contributed by atoms with Crippen LogP contribution in [0.4, 0.5) is 0 Å². The van der Waals surface area contributed by atoms with Crippen LogP contribution in [0.25, 0.3) is 0 Å². The molecule has 5 rings (SSSR count). The van der Waals surface area contributed by atoms with Crippen LogP contribution in [0.15, 0.2) is 42.5 Å². The second kappa shape index (κ2) is 8.06. The van der Waals surface area contributed by atoms with Gasteiger partial charge in [-0.3, -0.25) is 19.3 Å². The van der Waals surface area contributed by atoms with Crippen LogP contribution in [0.3, 0.4) is 0 Å². The van der Waals surface area contributed by atoms with Crippen molar-refractivity contribution in [1.29, 1.82) is 0 Å². The van der Waals surface area contributed by atoms with Gasteiger partial charge in [0.15, 0.2) is 11.5 Å². The lowest BCUT2D eigenvalue weighted by atomic mass is 9.98. The highest BCUT2D eigenvalue weighted by molar-refractivity contribution is 6.11. The van der Waals surface area contributed by atoms with Crippen molar-refractivity contribution in [3.63, 3.8) is 0 Å². The molecule has 31 heavy (non-hydrogen) atoms. The van der Waals surface area contributed by atoms with Crippen molar-refractivity contribution in [2.45, 2.75) is 31.7 Å². The van der Waals surface area contributed by atoms with Gasteiger partial charge in [-0.2, -0.15) is 0 Å². The number of carbonyl (C=O) groups is 3. The third-order valence-electron chi connectivity index (χ3n) is 6.16. The van der Waals surface area contributed by atoms with E-state index in [1.54, 1.807) is 23.1 Å². The van der Waals surface area contributed by atoms with Crippen LogP contribution in [0.1, 0.15) is 46.8 Å². The van der Waals surface area contributed by atoms with Crippen LogP contribution in [0, 0.1) is 0 Å². The molecule has 1 saturated heterocycles. The Labute approximate surface area is 180 Å². The van der Waals surface area contributed by atoms with Gasteiger partial charge in [0, 0.05) is 18.5 Å². The van der Waals surface area contributed by atoms with Gasteiger partial charge in [0.25, 0.3) is 5.91 Å². The summed E-state index contributed by atoms with van der Waals surface area (Å²) < 4.78 is 11.5. The average molecular weight is 420 g/mol. The van der Waals surface area contributed by atoms with Crippen molar-refractivity contribution < 1.29 is 23.9 Å². The number of hydrogen-bond donors (Lipinski definition) is 0. The molecule has 2 aromatic carbocycles. The van der Waals surface area contributed by atoms with Crippen LogP contribution in [0.2, 0.25) is 0 Å². The first kappa shape index (κ1) is 19.6. The Morgan fingerprint density at radius 2 is 1.81 bits per heavy atom. The SMILES string of the molecule is O=C1Cc2ccccc2C(=O)N1CC(=O)N1CCCC1c1ccc2c(c1)OCCCO2. The first-order chi connectivity index (χ1) is 15.1. The highest BCUT2D eigenvalue weighted by atomic mass is 16.5. The Kier molecular flexibility index (Phi) is 5.10.